The number of aromatic amines is 1. The highest BCUT2D eigenvalue weighted by Gasteiger charge is 2.31. The van der Waals surface area contributed by atoms with Crippen molar-refractivity contribution in [3.8, 4) is 5.88 Å². The Bertz CT molecular complexity index is 1050. The molecule has 0 atom stereocenters. The Balaban J connectivity index is 0.00000205. The summed E-state index contributed by atoms with van der Waals surface area (Å²) in [7, 11) is 0. The summed E-state index contributed by atoms with van der Waals surface area (Å²) in [6.45, 7) is 1.30. The molecule has 2 aromatic heterocycles. The molecule has 0 amide bonds. The average Bonchev–Trinajstić information content (AvgIpc) is 2.95. The number of allylic oxidation sites excluding steroid dienone is 1. The van der Waals surface area contributed by atoms with E-state index in [-0.39, 0.29) is 18.5 Å². The number of rotatable bonds is 3. The lowest BCUT2D eigenvalue weighted by atomic mass is 9.82. The molecule has 0 saturated heterocycles. The van der Waals surface area contributed by atoms with Gasteiger partial charge in [-0.3, -0.25) is 4.99 Å². The third kappa shape index (κ3) is 4.05. The third-order valence-corrected chi connectivity index (χ3v) is 5.88. The highest BCUT2D eigenvalue weighted by atomic mass is 35.5. The molecule has 1 aliphatic carbocycles. The summed E-state index contributed by atoms with van der Waals surface area (Å²) in [5, 5.41) is 7.38. The molecule has 152 valence electrons. The number of halogens is 2. The zero-order valence-corrected chi connectivity index (χ0v) is 17.5. The van der Waals surface area contributed by atoms with E-state index in [1.165, 1.54) is 5.56 Å². The van der Waals surface area contributed by atoms with Gasteiger partial charge in [0.15, 0.2) is 0 Å². The quantitative estimate of drug-likeness (QED) is 0.784. The molecule has 0 radical (unpaired) electrons. The summed E-state index contributed by atoms with van der Waals surface area (Å²) in [6.07, 6.45) is 9.96. The number of nitrogens with zero attached hydrogens (tertiary/aromatic N) is 3. The van der Waals surface area contributed by atoms with Crippen molar-refractivity contribution in [1.29, 1.82) is 0 Å². The Labute approximate surface area is 180 Å². The van der Waals surface area contributed by atoms with Crippen LogP contribution < -0.4 is 20.9 Å². The standard InChI is InChI=1S/C21H22ClN5O.ClH/c22-14-8-10-24-20-16-12-25-27-19(21(16)26-17(20)11-14)13-4-6-15(7-5-13)28-18-3-1-2-9-23-18;/h1-3,8-9,11,13,15,25-26H,4-7,10,12H2;1H. The second kappa shape index (κ2) is 8.59. The Morgan fingerprint density at radius 2 is 2.00 bits per heavy atom. The number of pyridine rings is 1. The predicted octanol–water partition coefficient (Wildman–Crippen LogP) is 2.81. The molecular weight excluding hydrogens is 409 g/mol. The normalized spacial score (nSPS) is 22.8. The molecule has 4 heterocycles. The van der Waals surface area contributed by atoms with Crippen LogP contribution in [0.15, 0.2) is 45.6 Å². The molecule has 8 heteroatoms. The number of H-pyrrole nitrogens is 1. The van der Waals surface area contributed by atoms with Crippen molar-refractivity contribution in [1.82, 2.24) is 15.4 Å². The molecule has 3 aliphatic rings. The predicted molar refractivity (Wildman–Crippen MR) is 116 cm³/mol. The van der Waals surface area contributed by atoms with Crippen LogP contribution in [0, 0.1) is 5.92 Å². The first-order chi connectivity index (χ1) is 13.8. The zero-order valence-electron chi connectivity index (χ0n) is 15.9. The van der Waals surface area contributed by atoms with Gasteiger partial charge in [-0.15, -0.1) is 12.4 Å². The summed E-state index contributed by atoms with van der Waals surface area (Å²) in [4.78, 5) is 12.5. The first-order valence-corrected chi connectivity index (χ1v) is 10.2. The molecule has 2 aromatic rings. The van der Waals surface area contributed by atoms with E-state index in [2.05, 4.69) is 20.5 Å². The average molecular weight is 432 g/mol. The van der Waals surface area contributed by atoms with E-state index in [9.17, 15) is 0 Å². The van der Waals surface area contributed by atoms with Gasteiger partial charge in [0.2, 0.25) is 5.88 Å². The fourth-order valence-electron chi connectivity index (χ4n) is 4.24. The molecule has 5 rings (SSSR count). The molecule has 6 nitrogen and oxygen atoms in total. The first-order valence-electron chi connectivity index (χ1n) is 9.79. The van der Waals surface area contributed by atoms with Gasteiger partial charge in [0.05, 0.1) is 35.2 Å². The van der Waals surface area contributed by atoms with Crippen LogP contribution in [0.4, 0.5) is 0 Å². The minimum atomic E-state index is 0. The Hall–Kier alpha value is -2.31. The summed E-state index contributed by atoms with van der Waals surface area (Å²) in [6, 6.07) is 5.77. The van der Waals surface area contributed by atoms with Gasteiger partial charge < -0.3 is 15.1 Å². The van der Waals surface area contributed by atoms with Crippen LogP contribution >= 0.6 is 24.0 Å². The van der Waals surface area contributed by atoms with E-state index in [1.54, 1.807) is 6.20 Å². The number of hydrogen-bond acceptors (Lipinski definition) is 5. The molecule has 0 unspecified atom stereocenters. The van der Waals surface area contributed by atoms with Crippen LogP contribution in [0.2, 0.25) is 0 Å². The van der Waals surface area contributed by atoms with E-state index in [1.807, 2.05) is 30.4 Å². The van der Waals surface area contributed by atoms with Crippen molar-refractivity contribution in [3.05, 3.63) is 57.5 Å². The fraction of sp³-hybridized carbons (Fsp3) is 0.381. The van der Waals surface area contributed by atoms with E-state index < -0.39 is 0 Å². The van der Waals surface area contributed by atoms with E-state index >= 15 is 0 Å². The van der Waals surface area contributed by atoms with Crippen LogP contribution in [-0.4, -0.2) is 28.3 Å². The molecule has 0 aromatic carbocycles. The van der Waals surface area contributed by atoms with Gasteiger partial charge in [-0.2, -0.15) is 5.10 Å². The Morgan fingerprint density at radius 3 is 2.79 bits per heavy atom. The fourth-order valence-corrected chi connectivity index (χ4v) is 4.42. The number of fused-ring (bicyclic) bond motifs is 3. The van der Waals surface area contributed by atoms with Crippen molar-refractivity contribution in [2.75, 3.05) is 6.54 Å². The second-order valence-corrected chi connectivity index (χ2v) is 7.84. The Morgan fingerprint density at radius 1 is 1.14 bits per heavy atom. The maximum atomic E-state index is 6.24. The highest BCUT2D eigenvalue weighted by Crippen LogP contribution is 2.30. The molecule has 2 aliphatic heterocycles. The maximum absolute atomic E-state index is 6.24. The van der Waals surface area contributed by atoms with Crippen molar-refractivity contribution >= 4 is 35.8 Å². The van der Waals surface area contributed by atoms with E-state index in [4.69, 9.17) is 21.3 Å². The zero-order chi connectivity index (χ0) is 18.9. The number of ether oxygens (including phenoxy) is 1. The molecule has 0 bridgehead atoms. The van der Waals surface area contributed by atoms with E-state index in [0.29, 0.717) is 24.9 Å². The number of hydrogen-bond donors (Lipinski definition) is 2. The second-order valence-electron chi connectivity index (χ2n) is 7.41. The van der Waals surface area contributed by atoms with Crippen LogP contribution in [-0.2, 0) is 6.54 Å². The highest BCUT2D eigenvalue weighted by molar-refractivity contribution is 6.34. The summed E-state index contributed by atoms with van der Waals surface area (Å²) in [5.74, 6) is 1.11. The molecule has 0 spiro atoms. The molecule has 29 heavy (non-hydrogen) atoms. The smallest absolute Gasteiger partial charge is 0.213 e. The van der Waals surface area contributed by atoms with Gasteiger partial charge >= 0.3 is 0 Å². The monoisotopic (exact) mass is 431 g/mol. The van der Waals surface area contributed by atoms with Gasteiger partial charge in [0.1, 0.15) is 6.10 Å². The van der Waals surface area contributed by atoms with Crippen LogP contribution in [0.25, 0.3) is 6.08 Å². The van der Waals surface area contributed by atoms with Gasteiger partial charge in [0.25, 0.3) is 0 Å². The van der Waals surface area contributed by atoms with Gasteiger partial charge in [-0.05, 0) is 43.9 Å². The lowest BCUT2D eigenvalue weighted by molar-refractivity contribution is 0.139. The number of aromatic nitrogens is 2. The largest absolute Gasteiger partial charge is 0.474 e. The van der Waals surface area contributed by atoms with Crippen LogP contribution in [0.5, 0.6) is 5.88 Å². The van der Waals surface area contributed by atoms with Crippen molar-refractivity contribution in [2.45, 2.75) is 38.3 Å². The topological polar surface area (TPSA) is 74.7 Å². The van der Waals surface area contributed by atoms with E-state index in [0.717, 1.165) is 52.8 Å². The van der Waals surface area contributed by atoms with Crippen LogP contribution in [0.3, 0.4) is 0 Å². The number of hydrazone groups is 1. The Kier molecular flexibility index (Phi) is 5.92. The molecule has 2 N–H and O–H groups in total. The molecule has 1 fully saturated rings. The lowest BCUT2D eigenvalue weighted by Crippen LogP contribution is -2.33. The van der Waals surface area contributed by atoms with Gasteiger partial charge in [0, 0.05) is 28.8 Å². The first kappa shape index (κ1) is 20.0. The summed E-state index contributed by atoms with van der Waals surface area (Å²) < 4.78 is 6.04. The minimum Gasteiger partial charge on any atom is -0.474 e. The maximum Gasteiger partial charge on any atom is 0.213 e. The summed E-state index contributed by atoms with van der Waals surface area (Å²) in [5.41, 5.74) is 6.63. The third-order valence-electron chi connectivity index (χ3n) is 5.62. The minimum absolute atomic E-state index is 0. The molecule has 1 saturated carbocycles. The van der Waals surface area contributed by atoms with Crippen LogP contribution in [0.1, 0.15) is 36.9 Å². The van der Waals surface area contributed by atoms with Crippen molar-refractivity contribution in [3.63, 3.8) is 0 Å². The lowest BCUT2D eigenvalue weighted by Gasteiger charge is -2.30. The number of nitrogens with one attached hydrogen (secondary N) is 2. The summed E-state index contributed by atoms with van der Waals surface area (Å²) >= 11 is 6.24. The van der Waals surface area contributed by atoms with Crippen molar-refractivity contribution < 1.29 is 4.74 Å². The van der Waals surface area contributed by atoms with Gasteiger partial charge in [-0.25, -0.2) is 4.98 Å². The SMILES string of the molecule is Cl.ClC1=CCN=c2c3c([nH]c2=C1)C(C1CCC(Oc2ccccn2)CC1)=NNC3. The molecular formula is C21H23Cl2N5O. The van der Waals surface area contributed by atoms with Crippen molar-refractivity contribution in [2.24, 2.45) is 16.0 Å². The van der Waals surface area contributed by atoms with Gasteiger partial charge in [-0.1, -0.05) is 17.7 Å².